The maximum atomic E-state index is 5.08. The Bertz CT molecular complexity index is 445. The molecule has 1 fully saturated rings. The lowest BCUT2D eigenvalue weighted by Crippen LogP contribution is -2.29. The topological polar surface area (TPSA) is 47.0 Å². The van der Waals surface area contributed by atoms with Crippen LogP contribution in [0.25, 0.3) is 0 Å². The van der Waals surface area contributed by atoms with Crippen LogP contribution < -0.4 is 5.32 Å². The summed E-state index contributed by atoms with van der Waals surface area (Å²) in [6, 6.07) is 0.816. The van der Waals surface area contributed by atoms with Crippen molar-refractivity contribution in [3.63, 3.8) is 0 Å². The Morgan fingerprint density at radius 2 is 2.25 bits per heavy atom. The summed E-state index contributed by atoms with van der Waals surface area (Å²) in [7, 11) is 1.74. The molecule has 1 saturated carbocycles. The van der Waals surface area contributed by atoms with Crippen LogP contribution in [0.5, 0.6) is 0 Å². The molecule has 0 aliphatic heterocycles. The number of hydrogen-bond donors (Lipinski definition) is 1. The molecule has 0 spiro atoms. The Morgan fingerprint density at radius 3 is 3.05 bits per heavy atom. The van der Waals surface area contributed by atoms with E-state index >= 15 is 0 Å². The number of rotatable bonds is 7. The Morgan fingerprint density at radius 1 is 1.35 bits per heavy atom. The van der Waals surface area contributed by atoms with E-state index in [0.717, 1.165) is 50.1 Å². The largest absolute Gasteiger partial charge is 0.385 e. The first-order valence-corrected chi connectivity index (χ1v) is 7.91. The minimum Gasteiger partial charge on any atom is -0.385 e. The molecule has 1 unspecified atom stereocenters. The van der Waals surface area contributed by atoms with Gasteiger partial charge in [0.15, 0.2) is 0 Å². The van der Waals surface area contributed by atoms with E-state index in [1.54, 1.807) is 7.11 Å². The van der Waals surface area contributed by atoms with Gasteiger partial charge < -0.3 is 10.1 Å². The predicted octanol–water partition coefficient (Wildman–Crippen LogP) is 1.91. The average molecular weight is 275 g/mol. The molecule has 110 valence electrons. The van der Waals surface area contributed by atoms with Gasteiger partial charge in [-0.3, -0.25) is 0 Å². The first kappa shape index (κ1) is 14.0. The number of aromatic nitrogens is 2. The van der Waals surface area contributed by atoms with Crippen LogP contribution in [0, 0.1) is 5.92 Å². The van der Waals surface area contributed by atoms with Gasteiger partial charge in [-0.2, -0.15) is 0 Å². The van der Waals surface area contributed by atoms with Gasteiger partial charge in [0.2, 0.25) is 0 Å². The van der Waals surface area contributed by atoms with E-state index in [-0.39, 0.29) is 0 Å². The van der Waals surface area contributed by atoms with Gasteiger partial charge in [-0.25, -0.2) is 9.97 Å². The highest BCUT2D eigenvalue weighted by atomic mass is 16.5. The molecule has 20 heavy (non-hydrogen) atoms. The van der Waals surface area contributed by atoms with E-state index in [1.165, 1.54) is 37.1 Å². The van der Waals surface area contributed by atoms with Crippen molar-refractivity contribution >= 4 is 0 Å². The molecule has 0 bridgehead atoms. The number of methoxy groups -OCH3 is 1. The highest BCUT2D eigenvalue weighted by molar-refractivity contribution is 5.21. The van der Waals surface area contributed by atoms with Crippen molar-refractivity contribution in [2.75, 3.05) is 20.3 Å². The molecule has 0 amide bonds. The Kier molecular flexibility index (Phi) is 4.63. The normalized spacial score (nSPS) is 21.8. The van der Waals surface area contributed by atoms with E-state index < -0.39 is 0 Å². The molecule has 2 aliphatic rings. The van der Waals surface area contributed by atoms with Crippen LogP contribution in [-0.4, -0.2) is 36.3 Å². The summed E-state index contributed by atoms with van der Waals surface area (Å²) in [5.41, 5.74) is 2.66. The second-order valence-electron chi connectivity index (χ2n) is 6.15. The second-order valence-corrected chi connectivity index (χ2v) is 6.15. The van der Waals surface area contributed by atoms with E-state index in [4.69, 9.17) is 9.72 Å². The molecule has 2 aliphatic carbocycles. The molecular weight excluding hydrogens is 250 g/mol. The van der Waals surface area contributed by atoms with Gasteiger partial charge in [0.1, 0.15) is 5.82 Å². The molecule has 1 heterocycles. The van der Waals surface area contributed by atoms with E-state index in [9.17, 15) is 0 Å². The average Bonchev–Trinajstić information content (AvgIpc) is 3.29. The predicted molar refractivity (Wildman–Crippen MR) is 78.8 cm³/mol. The lowest BCUT2D eigenvalue weighted by Gasteiger charge is -2.24. The van der Waals surface area contributed by atoms with Crippen molar-refractivity contribution in [2.24, 2.45) is 5.92 Å². The van der Waals surface area contributed by atoms with Gasteiger partial charge in [0, 0.05) is 38.1 Å². The van der Waals surface area contributed by atoms with Gasteiger partial charge in [-0.15, -0.1) is 0 Å². The number of nitrogens with zero attached hydrogens (tertiary/aromatic N) is 2. The van der Waals surface area contributed by atoms with E-state index in [0.29, 0.717) is 0 Å². The third-order valence-corrected chi connectivity index (χ3v) is 4.32. The van der Waals surface area contributed by atoms with Crippen molar-refractivity contribution in [3.8, 4) is 0 Å². The highest BCUT2D eigenvalue weighted by Crippen LogP contribution is 2.25. The van der Waals surface area contributed by atoms with Crippen LogP contribution in [0.3, 0.4) is 0 Å². The monoisotopic (exact) mass is 275 g/mol. The fourth-order valence-corrected chi connectivity index (χ4v) is 2.91. The maximum absolute atomic E-state index is 5.08. The summed E-state index contributed by atoms with van der Waals surface area (Å²) in [4.78, 5) is 9.26. The summed E-state index contributed by atoms with van der Waals surface area (Å²) in [5, 5.41) is 3.65. The van der Waals surface area contributed by atoms with Crippen molar-refractivity contribution < 1.29 is 4.74 Å². The minimum absolute atomic E-state index is 0.769. The quantitative estimate of drug-likeness (QED) is 0.772. The smallest absolute Gasteiger partial charge is 0.128 e. The van der Waals surface area contributed by atoms with Gasteiger partial charge in [-0.1, -0.05) is 0 Å². The van der Waals surface area contributed by atoms with Crippen LogP contribution in [0.1, 0.15) is 42.8 Å². The summed E-state index contributed by atoms with van der Waals surface area (Å²) in [6.45, 7) is 1.95. The summed E-state index contributed by atoms with van der Waals surface area (Å²) < 4.78 is 5.08. The standard InChI is InChI=1S/C16H25N3O/c1-20-8-2-3-16-18-11-13-9-12(4-7-15(13)19-16)10-17-14-5-6-14/h11-12,14,17H,2-10H2,1H3. The molecule has 4 heteroatoms. The lowest BCUT2D eigenvalue weighted by atomic mass is 9.87. The molecule has 1 N–H and O–H groups in total. The molecule has 0 aromatic carbocycles. The van der Waals surface area contributed by atoms with Crippen LogP contribution in [-0.2, 0) is 24.0 Å². The zero-order valence-electron chi connectivity index (χ0n) is 12.4. The van der Waals surface area contributed by atoms with Crippen LogP contribution in [0.2, 0.25) is 0 Å². The molecule has 0 saturated heterocycles. The Hall–Kier alpha value is -1.00. The lowest BCUT2D eigenvalue weighted by molar-refractivity contribution is 0.194. The third-order valence-electron chi connectivity index (χ3n) is 4.32. The molecule has 3 rings (SSSR count). The second kappa shape index (κ2) is 6.64. The summed E-state index contributed by atoms with van der Waals surface area (Å²) in [6.07, 6.45) is 10.3. The van der Waals surface area contributed by atoms with Crippen molar-refractivity contribution in [1.29, 1.82) is 0 Å². The molecule has 1 aromatic rings. The Labute approximate surface area is 121 Å². The zero-order valence-corrected chi connectivity index (χ0v) is 12.4. The first-order chi connectivity index (χ1) is 9.85. The molecule has 4 nitrogen and oxygen atoms in total. The molecule has 1 atom stereocenters. The van der Waals surface area contributed by atoms with Crippen LogP contribution >= 0.6 is 0 Å². The molecule has 1 aromatic heterocycles. The third kappa shape index (κ3) is 3.76. The zero-order chi connectivity index (χ0) is 13.8. The van der Waals surface area contributed by atoms with Crippen molar-refractivity contribution in [2.45, 2.75) is 51.0 Å². The van der Waals surface area contributed by atoms with Crippen LogP contribution in [0.15, 0.2) is 6.20 Å². The highest BCUT2D eigenvalue weighted by Gasteiger charge is 2.24. The maximum Gasteiger partial charge on any atom is 0.128 e. The molecular formula is C16H25N3O. The fourth-order valence-electron chi connectivity index (χ4n) is 2.91. The molecule has 0 radical (unpaired) electrons. The van der Waals surface area contributed by atoms with Gasteiger partial charge in [0.05, 0.1) is 0 Å². The van der Waals surface area contributed by atoms with Gasteiger partial charge in [-0.05, 0) is 56.6 Å². The van der Waals surface area contributed by atoms with Crippen molar-refractivity contribution in [3.05, 3.63) is 23.3 Å². The number of fused-ring (bicyclic) bond motifs is 1. The van der Waals surface area contributed by atoms with E-state index in [2.05, 4.69) is 16.5 Å². The summed E-state index contributed by atoms with van der Waals surface area (Å²) in [5.74, 6) is 1.75. The van der Waals surface area contributed by atoms with Gasteiger partial charge in [0.25, 0.3) is 0 Å². The van der Waals surface area contributed by atoms with E-state index in [1.807, 2.05) is 0 Å². The number of aryl methyl sites for hydroxylation is 2. The number of nitrogens with one attached hydrogen (secondary N) is 1. The SMILES string of the molecule is COCCCc1ncc2c(n1)CCC(CNC1CC1)C2. The minimum atomic E-state index is 0.769. The first-order valence-electron chi connectivity index (χ1n) is 7.91. The fraction of sp³-hybridized carbons (Fsp3) is 0.750. The summed E-state index contributed by atoms with van der Waals surface area (Å²) >= 11 is 0. The van der Waals surface area contributed by atoms with Crippen molar-refractivity contribution in [1.82, 2.24) is 15.3 Å². The number of hydrogen-bond acceptors (Lipinski definition) is 4. The Balaban J connectivity index is 1.53. The van der Waals surface area contributed by atoms with Crippen LogP contribution in [0.4, 0.5) is 0 Å². The number of ether oxygens (including phenoxy) is 1. The van der Waals surface area contributed by atoms with Gasteiger partial charge >= 0.3 is 0 Å².